The van der Waals surface area contributed by atoms with Gasteiger partial charge in [-0.3, -0.25) is 0 Å². The number of aliphatic imine (C=N–C) groups is 2. The van der Waals surface area contributed by atoms with Gasteiger partial charge in [0.05, 0.1) is 6.04 Å². The van der Waals surface area contributed by atoms with Crippen LogP contribution in [0.4, 0.5) is 0 Å². The summed E-state index contributed by atoms with van der Waals surface area (Å²) in [7, 11) is 1.90. The molecule has 0 aliphatic heterocycles. The van der Waals surface area contributed by atoms with E-state index in [0.29, 0.717) is 10.4 Å². The fourth-order valence-corrected chi connectivity index (χ4v) is 3.66. The van der Waals surface area contributed by atoms with Crippen molar-refractivity contribution < 1.29 is 0 Å². The fraction of sp³-hybridized carbons (Fsp3) is 0.375. The SMILES string of the molecule is CNCc1ccc(Cl)c(C(C)/N=C(C#N)\N=C(/C)c2cccc(C3(C)CC3)c2)c1. The lowest BCUT2D eigenvalue weighted by Crippen LogP contribution is -2.07. The molecule has 0 aromatic heterocycles. The highest BCUT2D eigenvalue weighted by atomic mass is 35.5. The number of hydrogen-bond donors (Lipinski definition) is 1. The molecule has 2 aromatic rings. The van der Waals surface area contributed by atoms with Gasteiger partial charge in [0.25, 0.3) is 0 Å². The minimum atomic E-state index is -0.262. The van der Waals surface area contributed by atoms with Crippen LogP contribution in [0, 0.1) is 11.3 Å². The first-order chi connectivity index (χ1) is 13.9. The van der Waals surface area contributed by atoms with Gasteiger partial charge >= 0.3 is 0 Å². The van der Waals surface area contributed by atoms with Crippen LogP contribution in [0.3, 0.4) is 0 Å². The third-order valence-corrected chi connectivity index (χ3v) is 5.90. The van der Waals surface area contributed by atoms with Crippen molar-refractivity contribution in [2.24, 2.45) is 9.98 Å². The first kappa shape index (κ1) is 21.2. The van der Waals surface area contributed by atoms with Gasteiger partial charge in [0.1, 0.15) is 6.07 Å². The van der Waals surface area contributed by atoms with E-state index in [0.717, 1.165) is 28.9 Å². The zero-order valence-electron chi connectivity index (χ0n) is 17.5. The van der Waals surface area contributed by atoms with Crippen molar-refractivity contribution >= 4 is 23.1 Å². The van der Waals surface area contributed by atoms with Crippen LogP contribution in [0.15, 0.2) is 52.4 Å². The largest absolute Gasteiger partial charge is 0.316 e. The Morgan fingerprint density at radius 2 is 2.03 bits per heavy atom. The Morgan fingerprint density at radius 3 is 2.69 bits per heavy atom. The molecule has 0 amide bonds. The molecule has 0 bridgehead atoms. The minimum Gasteiger partial charge on any atom is -0.316 e. The number of nitrogens with one attached hydrogen (secondary N) is 1. The molecule has 1 fully saturated rings. The standard InChI is InChI=1S/C24H27ClN4/c1-16(19-6-5-7-20(13-19)24(3)10-11-24)28-23(14-26)29-17(2)21-12-18(15-27-4)8-9-22(21)25/h5-9,12-13,17,27H,10-11,15H2,1-4H3/b28-16+,29-23-. The molecule has 3 rings (SSSR count). The van der Waals surface area contributed by atoms with Crippen molar-refractivity contribution in [1.29, 1.82) is 5.26 Å². The molecule has 0 heterocycles. The van der Waals surface area contributed by atoms with Gasteiger partial charge in [-0.05, 0) is 73.5 Å². The second-order valence-corrected chi connectivity index (χ2v) is 8.37. The second kappa shape index (κ2) is 8.90. The summed E-state index contributed by atoms with van der Waals surface area (Å²) in [5.74, 6) is 0.160. The maximum absolute atomic E-state index is 9.59. The lowest BCUT2D eigenvalue weighted by Gasteiger charge is -2.12. The van der Waals surface area contributed by atoms with Crippen molar-refractivity contribution in [3.8, 4) is 6.07 Å². The molecule has 1 N–H and O–H groups in total. The molecule has 1 aliphatic carbocycles. The summed E-state index contributed by atoms with van der Waals surface area (Å²) in [4.78, 5) is 9.05. The predicted octanol–water partition coefficient (Wildman–Crippen LogP) is 5.60. The van der Waals surface area contributed by atoms with Crippen LogP contribution < -0.4 is 5.32 Å². The highest BCUT2D eigenvalue weighted by molar-refractivity contribution is 6.31. The van der Waals surface area contributed by atoms with E-state index < -0.39 is 0 Å². The number of nitriles is 1. The maximum atomic E-state index is 9.59. The van der Waals surface area contributed by atoms with Crippen molar-refractivity contribution in [1.82, 2.24) is 5.32 Å². The van der Waals surface area contributed by atoms with E-state index in [-0.39, 0.29) is 11.9 Å². The van der Waals surface area contributed by atoms with Gasteiger partial charge in [-0.15, -0.1) is 0 Å². The lowest BCUT2D eigenvalue weighted by atomic mass is 9.95. The van der Waals surface area contributed by atoms with E-state index in [1.807, 2.05) is 45.2 Å². The summed E-state index contributed by atoms with van der Waals surface area (Å²) in [5, 5.41) is 13.4. The molecule has 5 heteroatoms. The first-order valence-corrected chi connectivity index (χ1v) is 10.3. The number of benzene rings is 2. The first-order valence-electron chi connectivity index (χ1n) is 9.93. The number of amidine groups is 1. The third-order valence-electron chi connectivity index (χ3n) is 5.56. The highest BCUT2D eigenvalue weighted by Gasteiger charge is 2.38. The van der Waals surface area contributed by atoms with E-state index in [9.17, 15) is 5.26 Å². The van der Waals surface area contributed by atoms with E-state index >= 15 is 0 Å². The highest BCUT2D eigenvalue weighted by Crippen LogP contribution is 2.47. The minimum absolute atomic E-state index is 0.160. The summed E-state index contributed by atoms with van der Waals surface area (Å²) in [6.45, 7) is 6.89. The van der Waals surface area contributed by atoms with Crippen LogP contribution in [-0.2, 0) is 12.0 Å². The van der Waals surface area contributed by atoms with E-state index in [1.54, 1.807) is 0 Å². The normalized spacial score (nSPS) is 17.0. The zero-order chi connectivity index (χ0) is 21.0. The molecule has 0 saturated heterocycles. The van der Waals surface area contributed by atoms with Crippen molar-refractivity contribution in [2.75, 3.05) is 7.05 Å². The quantitative estimate of drug-likeness (QED) is 0.501. The molecule has 2 aromatic carbocycles. The van der Waals surface area contributed by atoms with Gasteiger partial charge in [0, 0.05) is 17.3 Å². The maximum Gasteiger partial charge on any atom is 0.228 e. The molecule has 1 atom stereocenters. The van der Waals surface area contributed by atoms with Gasteiger partial charge in [0.15, 0.2) is 0 Å². The van der Waals surface area contributed by atoms with Crippen LogP contribution in [0.1, 0.15) is 61.9 Å². The van der Waals surface area contributed by atoms with Gasteiger partial charge in [0.2, 0.25) is 5.84 Å². The van der Waals surface area contributed by atoms with E-state index in [2.05, 4.69) is 46.5 Å². The van der Waals surface area contributed by atoms with E-state index in [4.69, 9.17) is 11.6 Å². The monoisotopic (exact) mass is 406 g/mol. The Bertz CT molecular complexity index is 996. The van der Waals surface area contributed by atoms with Gasteiger partial charge in [-0.2, -0.15) is 5.26 Å². The Hall–Kier alpha value is -2.48. The molecule has 1 aliphatic rings. The Labute approximate surface area is 178 Å². The molecule has 0 spiro atoms. The fourth-order valence-electron chi connectivity index (χ4n) is 3.38. The van der Waals surface area contributed by atoms with Gasteiger partial charge in [-0.25, -0.2) is 9.98 Å². The molecular formula is C24H27ClN4. The Balaban J connectivity index is 1.86. The number of nitrogens with zero attached hydrogens (tertiary/aromatic N) is 3. The smallest absolute Gasteiger partial charge is 0.228 e. The van der Waals surface area contributed by atoms with E-state index in [1.165, 1.54) is 18.4 Å². The van der Waals surface area contributed by atoms with Crippen LogP contribution >= 0.6 is 11.6 Å². The molecule has 1 unspecified atom stereocenters. The van der Waals surface area contributed by atoms with Gasteiger partial charge in [-0.1, -0.05) is 48.9 Å². The van der Waals surface area contributed by atoms with Crippen LogP contribution in [0.25, 0.3) is 0 Å². The van der Waals surface area contributed by atoms with Gasteiger partial charge < -0.3 is 5.32 Å². The summed E-state index contributed by atoms with van der Waals surface area (Å²) in [6.07, 6.45) is 2.45. The third kappa shape index (κ3) is 5.12. The molecule has 4 nitrogen and oxygen atoms in total. The number of hydrogen-bond acceptors (Lipinski definition) is 3. The Kier molecular flexibility index (Phi) is 6.52. The summed E-state index contributed by atoms with van der Waals surface area (Å²) in [5.41, 5.74) is 5.47. The predicted molar refractivity (Wildman–Crippen MR) is 121 cm³/mol. The van der Waals surface area contributed by atoms with Crippen molar-refractivity contribution in [3.63, 3.8) is 0 Å². The van der Waals surface area contributed by atoms with Crippen molar-refractivity contribution in [3.05, 3.63) is 69.7 Å². The topological polar surface area (TPSA) is 60.5 Å². The summed E-state index contributed by atoms with van der Waals surface area (Å²) >= 11 is 6.38. The average molecular weight is 407 g/mol. The molecule has 29 heavy (non-hydrogen) atoms. The van der Waals surface area contributed by atoms with Crippen LogP contribution in [0.2, 0.25) is 5.02 Å². The number of halogens is 1. The lowest BCUT2D eigenvalue weighted by molar-refractivity contribution is 0.787. The van der Waals surface area contributed by atoms with Crippen molar-refractivity contribution in [2.45, 2.75) is 51.6 Å². The molecule has 0 radical (unpaired) electrons. The number of rotatable bonds is 6. The summed E-state index contributed by atoms with van der Waals surface area (Å²) < 4.78 is 0. The second-order valence-electron chi connectivity index (χ2n) is 7.97. The molecule has 150 valence electrons. The average Bonchev–Trinajstić information content (AvgIpc) is 3.47. The molecular weight excluding hydrogens is 380 g/mol. The summed E-state index contributed by atoms with van der Waals surface area (Å²) in [6, 6.07) is 16.2. The molecule has 1 saturated carbocycles. The van der Waals surface area contributed by atoms with Crippen LogP contribution in [0.5, 0.6) is 0 Å². The van der Waals surface area contributed by atoms with Crippen LogP contribution in [-0.4, -0.2) is 18.6 Å². The Morgan fingerprint density at radius 1 is 1.28 bits per heavy atom. The zero-order valence-corrected chi connectivity index (χ0v) is 18.2.